The molecule has 3 nitrogen and oxygen atoms in total. The summed E-state index contributed by atoms with van der Waals surface area (Å²) >= 11 is 7.18. The lowest BCUT2D eigenvalue weighted by molar-refractivity contribution is -0.133. The maximum atomic E-state index is 12.9. The Morgan fingerprint density at radius 2 is 1.83 bits per heavy atom. The van der Waals surface area contributed by atoms with Crippen molar-refractivity contribution in [1.82, 2.24) is 4.98 Å². The molecule has 0 bridgehead atoms. The summed E-state index contributed by atoms with van der Waals surface area (Å²) < 4.78 is 18.1. The van der Waals surface area contributed by atoms with Crippen LogP contribution in [-0.4, -0.2) is 11.0 Å². The number of rotatable bonds is 4. The van der Waals surface area contributed by atoms with Gasteiger partial charge in [-0.05, 0) is 48.5 Å². The number of hydrogen-bond acceptors (Lipinski definition) is 4. The molecule has 6 heteroatoms. The minimum absolute atomic E-state index is 0.0698. The lowest BCUT2D eigenvalue weighted by Gasteiger charge is -2.02. The second-order valence-corrected chi connectivity index (χ2v) is 6.05. The van der Waals surface area contributed by atoms with Crippen LogP contribution >= 0.6 is 22.9 Å². The second kappa shape index (κ2) is 6.89. The highest BCUT2D eigenvalue weighted by molar-refractivity contribution is 7.13. The number of thiazole rings is 1. The monoisotopic (exact) mass is 347 g/mol. The van der Waals surface area contributed by atoms with Crippen LogP contribution in [0.25, 0.3) is 10.6 Å². The van der Waals surface area contributed by atoms with Crippen LogP contribution in [0.3, 0.4) is 0 Å². The van der Waals surface area contributed by atoms with Gasteiger partial charge in [0.25, 0.3) is 0 Å². The van der Waals surface area contributed by atoms with E-state index < -0.39 is 5.97 Å². The van der Waals surface area contributed by atoms with Crippen molar-refractivity contribution in [2.24, 2.45) is 0 Å². The van der Waals surface area contributed by atoms with Gasteiger partial charge < -0.3 is 4.74 Å². The molecule has 0 saturated carbocycles. The molecular formula is C17H11ClFNO2S. The molecule has 116 valence electrons. The Bertz CT molecular complexity index is 815. The smallest absolute Gasteiger partial charge is 0.317 e. The van der Waals surface area contributed by atoms with Crippen molar-refractivity contribution < 1.29 is 13.9 Å². The average Bonchev–Trinajstić information content (AvgIpc) is 2.98. The summed E-state index contributed by atoms with van der Waals surface area (Å²) in [5.74, 6) is -0.256. The summed E-state index contributed by atoms with van der Waals surface area (Å²) in [6.45, 7) is 0. The van der Waals surface area contributed by atoms with Gasteiger partial charge in [-0.2, -0.15) is 0 Å². The fourth-order valence-electron chi connectivity index (χ4n) is 1.93. The summed E-state index contributed by atoms with van der Waals surface area (Å²) in [7, 11) is 0. The Kier molecular flexibility index (Phi) is 4.69. The van der Waals surface area contributed by atoms with Crippen LogP contribution in [0.15, 0.2) is 53.9 Å². The zero-order chi connectivity index (χ0) is 16.2. The lowest BCUT2D eigenvalue weighted by Crippen LogP contribution is -2.11. The summed E-state index contributed by atoms with van der Waals surface area (Å²) in [6.07, 6.45) is 0.0698. The molecule has 0 fully saturated rings. The fraction of sp³-hybridized carbons (Fsp3) is 0.0588. The molecular weight excluding hydrogens is 337 g/mol. The molecule has 0 unspecified atom stereocenters. The van der Waals surface area contributed by atoms with E-state index in [-0.39, 0.29) is 12.2 Å². The van der Waals surface area contributed by atoms with Crippen molar-refractivity contribution in [3.05, 3.63) is 70.4 Å². The highest BCUT2D eigenvalue weighted by atomic mass is 35.5. The van der Waals surface area contributed by atoms with Gasteiger partial charge in [0.05, 0.1) is 12.1 Å². The molecule has 0 aliphatic heterocycles. The van der Waals surface area contributed by atoms with E-state index in [9.17, 15) is 9.18 Å². The first-order valence-corrected chi connectivity index (χ1v) is 8.02. The Morgan fingerprint density at radius 1 is 1.13 bits per heavy atom. The molecule has 1 aromatic heterocycles. The van der Waals surface area contributed by atoms with E-state index in [1.807, 2.05) is 0 Å². The number of benzene rings is 2. The SMILES string of the molecule is O=C(Cc1csc(-c2ccc(F)cc2)n1)Oc1ccc(Cl)cc1. The topological polar surface area (TPSA) is 39.2 Å². The maximum absolute atomic E-state index is 12.9. The van der Waals surface area contributed by atoms with E-state index in [0.717, 1.165) is 10.6 Å². The van der Waals surface area contributed by atoms with Gasteiger partial charge in [0, 0.05) is 16.0 Å². The molecule has 0 radical (unpaired) electrons. The van der Waals surface area contributed by atoms with E-state index in [1.54, 1.807) is 41.8 Å². The predicted molar refractivity (Wildman–Crippen MR) is 88.3 cm³/mol. The van der Waals surface area contributed by atoms with Gasteiger partial charge in [-0.15, -0.1) is 11.3 Å². The van der Waals surface area contributed by atoms with Crippen molar-refractivity contribution in [2.45, 2.75) is 6.42 Å². The van der Waals surface area contributed by atoms with Gasteiger partial charge in [-0.1, -0.05) is 11.6 Å². The van der Waals surface area contributed by atoms with E-state index in [1.165, 1.54) is 23.5 Å². The first-order valence-electron chi connectivity index (χ1n) is 6.77. The summed E-state index contributed by atoms with van der Waals surface area (Å²) in [5.41, 5.74) is 1.43. The van der Waals surface area contributed by atoms with E-state index >= 15 is 0 Å². The third kappa shape index (κ3) is 4.15. The highest BCUT2D eigenvalue weighted by Crippen LogP contribution is 2.24. The standard InChI is InChI=1S/C17H11ClFNO2S/c18-12-3-7-15(8-4-12)22-16(21)9-14-10-23-17(20-14)11-1-5-13(19)6-2-11/h1-8,10H,9H2. The van der Waals surface area contributed by atoms with Crippen LogP contribution in [0.4, 0.5) is 4.39 Å². The van der Waals surface area contributed by atoms with E-state index in [0.29, 0.717) is 16.5 Å². The number of nitrogens with zero attached hydrogens (tertiary/aromatic N) is 1. The van der Waals surface area contributed by atoms with Crippen LogP contribution in [0.5, 0.6) is 5.75 Å². The first kappa shape index (κ1) is 15.6. The zero-order valence-corrected chi connectivity index (χ0v) is 13.4. The van der Waals surface area contributed by atoms with Crippen LogP contribution in [0.1, 0.15) is 5.69 Å². The molecule has 0 spiro atoms. The first-order chi connectivity index (χ1) is 11.1. The maximum Gasteiger partial charge on any atom is 0.317 e. The minimum atomic E-state index is -0.400. The van der Waals surface area contributed by atoms with Crippen molar-refractivity contribution in [2.75, 3.05) is 0 Å². The highest BCUT2D eigenvalue weighted by Gasteiger charge is 2.11. The molecule has 2 aromatic carbocycles. The van der Waals surface area contributed by atoms with Gasteiger partial charge in [-0.3, -0.25) is 4.79 Å². The fourth-order valence-corrected chi connectivity index (χ4v) is 2.88. The van der Waals surface area contributed by atoms with Gasteiger partial charge in [0.1, 0.15) is 16.6 Å². The van der Waals surface area contributed by atoms with Gasteiger partial charge >= 0.3 is 5.97 Å². The summed E-state index contributed by atoms with van der Waals surface area (Å²) in [4.78, 5) is 16.3. The number of carbonyl (C=O) groups excluding carboxylic acids is 1. The molecule has 3 rings (SSSR count). The molecule has 0 saturated heterocycles. The van der Waals surface area contributed by atoms with Crippen LogP contribution < -0.4 is 4.74 Å². The van der Waals surface area contributed by atoms with Crippen LogP contribution in [0, 0.1) is 5.82 Å². The number of aromatic nitrogens is 1. The van der Waals surface area contributed by atoms with E-state index in [2.05, 4.69) is 4.98 Å². The summed E-state index contributed by atoms with van der Waals surface area (Å²) in [5, 5.41) is 3.11. The number of hydrogen-bond donors (Lipinski definition) is 0. The number of ether oxygens (including phenoxy) is 1. The molecule has 0 amide bonds. The second-order valence-electron chi connectivity index (χ2n) is 4.76. The number of carbonyl (C=O) groups is 1. The van der Waals surface area contributed by atoms with E-state index in [4.69, 9.17) is 16.3 Å². The summed E-state index contributed by atoms with van der Waals surface area (Å²) in [6, 6.07) is 12.6. The van der Waals surface area contributed by atoms with Crippen molar-refractivity contribution >= 4 is 28.9 Å². The van der Waals surface area contributed by atoms with Crippen LogP contribution in [0.2, 0.25) is 5.02 Å². The van der Waals surface area contributed by atoms with Crippen molar-refractivity contribution in [3.8, 4) is 16.3 Å². The van der Waals surface area contributed by atoms with Gasteiger partial charge in [-0.25, -0.2) is 9.37 Å². The molecule has 0 aliphatic rings. The Labute approximate surface area is 141 Å². The lowest BCUT2D eigenvalue weighted by atomic mass is 10.2. The molecule has 3 aromatic rings. The minimum Gasteiger partial charge on any atom is -0.426 e. The van der Waals surface area contributed by atoms with Crippen molar-refractivity contribution in [1.29, 1.82) is 0 Å². The van der Waals surface area contributed by atoms with Crippen LogP contribution in [-0.2, 0) is 11.2 Å². The zero-order valence-electron chi connectivity index (χ0n) is 11.8. The normalized spacial score (nSPS) is 10.5. The average molecular weight is 348 g/mol. The molecule has 0 atom stereocenters. The predicted octanol–water partition coefficient (Wildman–Crippen LogP) is 4.75. The number of esters is 1. The number of halogens is 2. The Balaban J connectivity index is 1.65. The Hall–Kier alpha value is -2.24. The quantitative estimate of drug-likeness (QED) is 0.505. The van der Waals surface area contributed by atoms with Gasteiger partial charge in [0.15, 0.2) is 0 Å². The van der Waals surface area contributed by atoms with Gasteiger partial charge in [0.2, 0.25) is 0 Å². The molecule has 1 heterocycles. The molecule has 23 heavy (non-hydrogen) atoms. The molecule has 0 N–H and O–H groups in total. The molecule has 0 aliphatic carbocycles. The third-order valence-corrected chi connectivity index (χ3v) is 4.21. The largest absolute Gasteiger partial charge is 0.426 e. The van der Waals surface area contributed by atoms with Crippen molar-refractivity contribution in [3.63, 3.8) is 0 Å². The third-order valence-electron chi connectivity index (χ3n) is 3.01. The Morgan fingerprint density at radius 3 is 2.52 bits per heavy atom.